The van der Waals surface area contributed by atoms with Gasteiger partial charge in [-0.25, -0.2) is 0 Å². The Morgan fingerprint density at radius 3 is 2.43 bits per heavy atom. The summed E-state index contributed by atoms with van der Waals surface area (Å²) in [4.78, 5) is 15.1. The lowest BCUT2D eigenvalue weighted by Crippen LogP contribution is -1.94. The van der Waals surface area contributed by atoms with Crippen molar-refractivity contribution in [2.75, 3.05) is 6.79 Å². The third-order valence-corrected chi connectivity index (χ3v) is 3.63. The van der Waals surface area contributed by atoms with Crippen molar-refractivity contribution in [1.29, 1.82) is 0 Å². The van der Waals surface area contributed by atoms with E-state index in [-0.39, 0.29) is 12.5 Å². The minimum absolute atomic E-state index is 0.0585. The molecule has 3 rings (SSSR count). The fourth-order valence-corrected chi connectivity index (χ4v) is 2.30. The highest BCUT2D eigenvalue weighted by molar-refractivity contribution is 5.88. The molecule has 1 aliphatic heterocycles. The molecule has 0 saturated carbocycles. The van der Waals surface area contributed by atoms with Crippen LogP contribution in [-0.2, 0) is 0 Å². The summed E-state index contributed by atoms with van der Waals surface area (Å²) in [5, 5.41) is 11.2. The second-order valence-corrected chi connectivity index (χ2v) is 5.53. The lowest BCUT2D eigenvalue weighted by molar-refractivity contribution is -0.385. The first kappa shape index (κ1) is 15.0. The monoisotopic (exact) mass is 312 g/mol. The summed E-state index contributed by atoms with van der Waals surface area (Å²) in [6, 6.07) is 10.7. The van der Waals surface area contributed by atoms with Crippen LogP contribution in [0.25, 0.3) is 0 Å². The van der Waals surface area contributed by atoms with E-state index in [9.17, 15) is 10.1 Å². The Morgan fingerprint density at radius 2 is 1.83 bits per heavy atom. The van der Waals surface area contributed by atoms with Crippen LogP contribution in [0.3, 0.4) is 0 Å². The highest BCUT2D eigenvalue weighted by Crippen LogP contribution is 2.37. The first-order valence-electron chi connectivity index (χ1n) is 7.26. The SMILES string of the molecule is CC(C)c1ccc(N=Cc2cc3c(cc2[N+](=O)[O-])OCO3)cc1. The van der Waals surface area contributed by atoms with Gasteiger partial charge in [0, 0.05) is 6.21 Å². The van der Waals surface area contributed by atoms with Crippen LogP contribution in [0.2, 0.25) is 0 Å². The molecule has 0 aliphatic carbocycles. The van der Waals surface area contributed by atoms with Crippen LogP contribution in [0.5, 0.6) is 11.5 Å². The molecule has 0 radical (unpaired) electrons. The number of nitro benzene ring substituents is 1. The fraction of sp³-hybridized carbons (Fsp3) is 0.235. The number of hydrogen-bond acceptors (Lipinski definition) is 5. The average Bonchev–Trinajstić information content (AvgIpc) is 2.99. The number of nitrogens with zero attached hydrogens (tertiary/aromatic N) is 2. The molecule has 2 aromatic carbocycles. The van der Waals surface area contributed by atoms with E-state index >= 15 is 0 Å². The number of benzene rings is 2. The standard InChI is InChI=1S/C17H16N2O4/c1-11(2)12-3-5-14(6-4-12)18-9-13-7-16-17(23-10-22-16)8-15(13)19(20)21/h3-9,11H,10H2,1-2H3. The van der Waals surface area contributed by atoms with Gasteiger partial charge in [-0.05, 0) is 29.7 Å². The van der Waals surface area contributed by atoms with Gasteiger partial charge in [0.05, 0.1) is 22.2 Å². The van der Waals surface area contributed by atoms with E-state index in [1.54, 1.807) is 6.07 Å². The summed E-state index contributed by atoms with van der Waals surface area (Å²) in [6.07, 6.45) is 1.48. The van der Waals surface area contributed by atoms with E-state index in [2.05, 4.69) is 18.8 Å². The topological polar surface area (TPSA) is 74.0 Å². The number of nitro groups is 1. The lowest BCUT2D eigenvalue weighted by Gasteiger charge is -2.04. The molecule has 0 N–H and O–H groups in total. The zero-order valence-electron chi connectivity index (χ0n) is 12.9. The summed E-state index contributed by atoms with van der Waals surface area (Å²) in [7, 11) is 0. The van der Waals surface area contributed by atoms with Crippen LogP contribution >= 0.6 is 0 Å². The molecule has 0 unspecified atom stereocenters. The molecule has 0 saturated heterocycles. The first-order chi connectivity index (χ1) is 11.0. The zero-order valence-corrected chi connectivity index (χ0v) is 12.9. The minimum atomic E-state index is -0.453. The van der Waals surface area contributed by atoms with Gasteiger partial charge < -0.3 is 9.47 Å². The number of fused-ring (bicyclic) bond motifs is 1. The Balaban J connectivity index is 1.91. The van der Waals surface area contributed by atoms with E-state index in [4.69, 9.17) is 9.47 Å². The van der Waals surface area contributed by atoms with E-state index < -0.39 is 4.92 Å². The van der Waals surface area contributed by atoms with Gasteiger partial charge in [0.25, 0.3) is 5.69 Å². The van der Waals surface area contributed by atoms with Crippen molar-refractivity contribution in [2.45, 2.75) is 19.8 Å². The molecule has 0 amide bonds. The van der Waals surface area contributed by atoms with E-state index in [0.717, 1.165) is 5.69 Å². The fourth-order valence-electron chi connectivity index (χ4n) is 2.30. The molecular weight excluding hydrogens is 296 g/mol. The van der Waals surface area contributed by atoms with Gasteiger partial charge in [0.2, 0.25) is 6.79 Å². The quantitative estimate of drug-likeness (QED) is 0.482. The molecular formula is C17H16N2O4. The maximum absolute atomic E-state index is 11.2. The van der Waals surface area contributed by atoms with Crippen LogP contribution in [0.1, 0.15) is 30.9 Å². The summed E-state index contributed by atoms with van der Waals surface area (Å²) >= 11 is 0. The lowest BCUT2D eigenvalue weighted by atomic mass is 10.0. The van der Waals surface area contributed by atoms with Crippen LogP contribution in [0.15, 0.2) is 41.4 Å². The number of ether oxygens (including phenoxy) is 2. The molecule has 6 heteroatoms. The summed E-state index contributed by atoms with van der Waals surface area (Å²) < 4.78 is 10.4. The normalized spacial score (nSPS) is 13.0. The Kier molecular flexibility index (Phi) is 3.97. The minimum Gasteiger partial charge on any atom is -0.454 e. The van der Waals surface area contributed by atoms with Crippen LogP contribution in [0.4, 0.5) is 11.4 Å². The molecule has 118 valence electrons. The predicted molar refractivity (Wildman–Crippen MR) is 87.0 cm³/mol. The zero-order chi connectivity index (χ0) is 16.4. The van der Waals surface area contributed by atoms with Crippen molar-refractivity contribution in [3.8, 4) is 11.5 Å². The molecule has 1 heterocycles. The molecule has 0 bridgehead atoms. The van der Waals surface area contributed by atoms with Gasteiger partial charge in [-0.2, -0.15) is 0 Å². The Hall–Kier alpha value is -2.89. The number of hydrogen-bond donors (Lipinski definition) is 0. The summed E-state index contributed by atoms with van der Waals surface area (Å²) in [5.41, 5.74) is 2.28. The van der Waals surface area contributed by atoms with Gasteiger partial charge in [0.1, 0.15) is 0 Å². The summed E-state index contributed by atoms with van der Waals surface area (Å²) in [5.74, 6) is 1.32. The van der Waals surface area contributed by atoms with Crippen molar-refractivity contribution in [2.24, 2.45) is 4.99 Å². The molecule has 0 spiro atoms. The highest BCUT2D eigenvalue weighted by Gasteiger charge is 2.22. The van der Waals surface area contributed by atoms with Crippen LogP contribution in [0, 0.1) is 10.1 Å². The molecule has 1 aliphatic rings. The second kappa shape index (κ2) is 6.08. The molecule has 6 nitrogen and oxygen atoms in total. The van der Waals surface area contributed by atoms with Crippen molar-refractivity contribution in [3.63, 3.8) is 0 Å². The molecule has 0 atom stereocenters. The maximum Gasteiger partial charge on any atom is 0.282 e. The Bertz CT molecular complexity index is 767. The van der Waals surface area contributed by atoms with Crippen molar-refractivity contribution in [1.82, 2.24) is 0 Å². The van der Waals surface area contributed by atoms with Crippen LogP contribution < -0.4 is 9.47 Å². The van der Waals surface area contributed by atoms with E-state index in [0.29, 0.717) is 23.0 Å². The number of rotatable bonds is 4. The third kappa shape index (κ3) is 3.15. The third-order valence-electron chi connectivity index (χ3n) is 3.63. The van der Waals surface area contributed by atoms with Gasteiger partial charge in [0.15, 0.2) is 11.5 Å². The van der Waals surface area contributed by atoms with Gasteiger partial charge in [-0.1, -0.05) is 26.0 Å². The van der Waals surface area contributed by atoms with Gasteiger partial charge in [-0.15, -0.1) is 0 Å². The largest absolute Gasteiger partial charge is 0.454 e. The van der Waals surface area contributed by atoms with Crippen molar-refractivity contribution < 1.29 is 14.4 Å². The average molecular weight is 312 g/mol. The first-order valence-corrected chi connectivity index (χ1v) is 7.26. The highest BCUT2D eigenvalue weighted by atomic mass is 16.7. The second-order valence-electron chi connectivity index (χ2n) is 5.53. The number of aliphatic imine (C=N–C) groups is 1. The van der Waals surface area contributed by atoms with E-state index in [1.165, 1.54) is 17.8 Å². The van der Waals surface area contributed by atoms with Gasteiger partial charge in [-0.3, -0.25) is 15.1 Å². The van der Waals surface area contributed by atoms with Crippen molar-refractivity contribution >= 4 is 17.6 Å². The molecule has 23 heavy (non-hydrogen) atoms. The summed E-state index contributed by atoms with van der Waals surface area (Å²) in [6.45, 7) is 4.31. The smallest absolute Gasteiger partial charge is 0.282 e. The Morgan fingerprint density at radius 1 is 1.17 bits per heavy atom. The van der Waals surface area contributed by atoms with Crippen molar-refractivity contribution in [3.05, 3.63) is 57.6 Å². The molecule has 2 aromatic rings. The Labute approximate surface area is 133 Å². The van der Waals surface area contributed by atoms with E-state index in [1.807, 2.05) is 24.3 Å². The maximum atomic E-state index is 11.2. The predicted octanol–water partition coefficient (Wildman–Crippen LogP) is 4.20. The molecule has 0 fully saturated rings. The van der Waals surface area contributed by atoms with Gasteiger partial charge >= 0.3 is 0 Å². The van der Waals surface area contributed by atoms with Crippen LogP contribution in [-0.4, -0.2) is 17.9 Å². The molecule has 0 aromatic heterocycles.